The molecule has 0 spiro atoms. The first-order chi connectivity index (χ1) is 8.80. The molecule has 0 radical (unpaired) electrons. The lowest BCUT2D eigenvalue weighted by Crippen LogP contribution is -2.42. The van der Waals surface area contributed by atoms with E-state index in [0.29, 0.717) is 18.8 Å². The van der Waals surface area contributed by atoms with Gasteiger partial charge >= 0.3 is 0 Å². The van der Waals surface area contributed by atoms with Crippen LogP contribution in [0.15, 0.2) is 0 Å². The van der Waals surface area contributed by atoms with Gasteiger partial charge in [-0.05, 0) is 12.8 Å². The third-order valence-corrected chi connectivity index (χ3v) is 4.65. The van der Waals surface area contributed by atoms with Gasteiger partial charge in [0.2, 0.25) is 0 Å². The highest BCUT2D eigenvalue weighted by Gasteiger charge is 2.35. The van der Waals surface area contributed by atoms with Crippen LogP contribution >= 0.6 is 11.3 Å². The number of ether oxygens (including phenoxy) is 2. The fourth-order valence-corrected chi connectivity index (χ4v) is 3.59. The molecule has 1 aromatic heterocycles. The Kier molecular flexibility index (Phi) is 3.52. The number of fused-ring (bicyclic) bond motifs is 2. The molecule has 2 bridgehead atoms. The minimum absolute atomic E-state index is 0.0353. The normalized spacial score (nSPS) is 26.9. The second-order valence-corrected chi connectivity index (χ2v) is 5.88. The third-order valence-electron chi connectivity index (χ3n) is 3.51. The number of anilines is 1. The third kappa shape index (κ3) is 2.25. The summed E-state index contributed by atoms with van der Waals surface area (Å²) in [4.78, 5) is 7.79. The summed E-state index contributed by atoms with van der Waals surface area (Å²) in [6.45, 7) is 2.33. The fraction of sp³-hybridized carbons (Fsp3) is 0.750. The molecule has 18 heavy (non-hydrogen) atoms. The largest absolute Gasteiger partial charge is 0.391 e. The van der Waals surface area contributed by atoms with Gasteiger partial charge in [-0.15, -0.1) is 0 Å². The molecule has 2 unspecified atom stereocenters. The number of thiazole rings is 1. The lowest BCUT2D eigenvalue weighted by atomic mass is 10.2. The second kappa shape index (κ2) is 5.13. The van der Waals surface area contributed by atoms with E-state index in [0.717, 1.165) is 41.6 Å². The minimum atomic E-state index is 0.0353. The van der Waals surface area contributed by atoms with Gasteiger partial charge in [0.05, 0.1) is 36.0 Å². The van der Waals surface area contributed by atoms with Crippen molar-refractivity contribution in [2.24, 2.45) is 0 Å². The molecule has 2 saturated heterocycles. The Balaban J connectivity index is 1.79. The Hall–Kier alpha value is -0.690. The average Bonchev–Trinajstić information content (AvgIpc) is 2.93. The summed E-state index contributed by atoms with van der Waals surface area (Å²) >= 11 is 1.57. The number of rotatable bonds is 4. The molecule has 100 valence electrons. The first-order valence-corrected chi connectivity index (χ1v) is 7.10. The predicted octanol–water partition coefficient (Wildman–Crippen LogP) is 1.15. The zero-order chi connectivity index (χ0) is 12.5. The van der Waals surface area contributed by atoms with Gasteiger partial charge in [-0.25, -0.2) is 4.98 Å². The van der Waals surface area contributed by atoms with Crippen LogP contribution in [0.25, 0.3) is 0 Å². The summed E-state index contributed by atoms with van der Waals surface area (Å²) < 4.78 is 10.9. The van der Waals surface area contributed by atoms with Gasteiger partial charge in [0.15, 0.2) is 5.13 Å². The molecule has 1 N–H and O–H groups in total. The number of hydrogen-bond acceptors (Lipinski definition) is 6. The van der Waals surface area contributed by atoms with Crippen molar-refractivity contribution in [3.63, 3.8) is 0 Å². The molecule has 0 amide bonds. The summed E-state index contributed by atoms with van der Waals surface area (Å²) in [5.41, 5.74) is 0.860. The van der Waals surface area contributed by atoms with E-state index >= 15 is 0 Å². The van der Waals surface area contributed by atoms with Gasteiger partial charge in [0.1, 0.15) is 0 Å². The molecular weight excluding hydrogens is 252 g/mol. The Bertz CT molecular complexity index is 411. The highest BCUT2D eigenvalue weighted by atomic mass is 32.1. The van der Waals surface area contributed by atoms with Crippen LogP contribution in [0.4, 0.5) is 5.13 Å². The Morgan fingerprint density at radius 3 is 2.78 bits per heavy atom. The van der Waals surface area contributed by atoms with Crippen molar-refractivity contribution < 1.29 is 14.6 Å². The van der Waals surface area contributed by atoms with Crippen molar-refractivity contribution >= 4 is 16.5 Å². The quantitative estimate of drug-likeness (QED) is 0.889. The molecule has 2 fully saturated rings. The first-order valence-electron chi connectivity index (χ1n) is 6.29. The molecule has 0 saturated carbocycles. The van der Waals surface area contributed by atoms with E-state index < -0.39 is 0 Å². The zero-order valence-corrected chi connectivity index (χ0v) is 11.3. The lowest BCUT2D eigenvalue weighted by Gasteiger charge is -2.31. The molecule has 6 heteroatoms. The molecule has 0 aromatic carbocycles. The monoisotopic (exact) mass is 270 g/mol. The van der Waals surface area contributed by atoms with Crippen molar-refractivity contribution in [1.29, 1.82) is 0 Å². The Morgan fingerprint density at radius 2 is 2.17 bits per heavy atom. The molecule has 1 aromatic rings. The molecular formula is C12H18N2O3S. The van der Waals surface area contributed by atoms with E-state index in [1.165, 1.54) is 0 Å². The van der Waals surface area contributed by atoms with Crippen LogP contribution in [0.2, 0.25) is 0 Å². The summed E-state index contributed by atoms with van der Waals surface area (Å²) in [6, 6.07) is 0. The van der Waals surface area contributed by atoms with E-state index in [4.69, 9.17) is 9.47 Å². The molecule has 2 aliphatic rings. The van der Waals surface area contributed by atoms with Crippen LogP contribution in [0.3, 0.4) is 0 Å². The van der Waals surface area contributed by atoms with Gasteiger partial charge in [-0.2, -0.15) is 0 Å². The number of aliphatic hydroxyl groups is 1. The van der Waals surface area contributed by atoms with Crippen LogP contribution in [-0.2, 0) is 22.7 Å². The van der Waals surface area contributed by atoms with Crippen molar-refractivity contribution in [3.8, 4) is 0 Å². The summed E-state index contributed by atoms with van der Waals surface area (Å²) in [5, 5.41) is 10.3. The highest BCUT2D eigenvalue weighted by Crippen LogP contribution is 2.33. The highest BCUT2D eigenvalue weighted by molar-refractivity contribution is 7.15. The predicted molar refractivity (Wildman–Crippen MR) is 68.9 cm³/mol. The lowest BCUT2D eigenvalue weighted by molar-refractivity contribution is 0.0304. The average molecular weight is 270 g/mol. The van der Waals surface area contributed by atoms with E-state index in [1.807, 2.05) is 0 Å². The van der Waals surface area contributed by atoms with E-state index in [2.05, 4.69) is 9.88 Å². The number of hydrogen-bond donors (Lipinski definition) is 1. The first kappa shape index (κ1) is 12.3. The second-order valence-electron chi connectivity index (χ2n) is 4.82. The van der Waals surface area contributed by atoms with Crippen LogP contribution in [0.1, 0.15) is 23.4 Å². The van der Waals surface area contributed by atoms with E-state index in [1.54, 1.807) is 18.4 Å². The SMILES string of the molecule is COCc1nc(N2CC3CCC(C2)O3)sc1CO. The maximum Gasteiger partial charge on any atom is 0.186 e. The number of aromatic nitrogens is 1. The molecule has 0 aliphatic carbocycles. The van der Waals surface area contributed by atoms with Gasteiger partial charge in [-0.1, -0.05) is 11.3 Å². The van der Waals surface area contributed by atoms with Crippen LogP contribution < -0.4 is 4.90 Å². The van der Waals surface area contributed by atoms with Gasteiger partial charge in [0.25, 0.3) is 0 Å². The maximum absolute atomic E-state index is 9.34. The van der Waals surface area contributed by atoms with Crippen molar-refractivity contribution in [3.05, 3.63) is 10.6 Å². The fourth-order valence-electron chi connectivity index (χ4n) is 2.65. The molecule has 3 heterocycles. The maximum atomic E-state index is 9.34. The number of nitrogens with zero attached hydrogens (tertiary/aromatic N) is 2. The number of morpholine rings is 1. The van der Waals surface area contributed by atoms with Crippen molar-refractivity contribution in [2.45, 2.75) is 38.3 Å². The standard InChI is InChI=1S/C12H18N2O3S/c1-16-7-10-11(6-15)18-12(13-10)14-4-8-2-3-9(5-14)17-8/h8-9,15H,2-7H2,1H3. The summed E-state index contributed by atoms with van der Waals surface area (Å²) in [6.07, 6.45) is 3.03. The van der Waals surface area contributed by atoms with E-state index in [-0.39, 0.29) is 6.61 Å². The van der Waals surface area contributed by atoms with Crippen LogP contribution in [0, 0.1) is 0 Å². The molecule has 5 nitrogen and oxygen atoms in total. The van der Waals surface area contributed by atoms with Crippen LogP contribution in [-0.4, -0.2) is 42.5 Å². The van der Waals surface area contributed by atoms with Crippen molar-refractivity contribution in [2.75, 3.05) is 25.1 Å². The smallest absolute Gasteiger partial charge is 0.186 e. The summed E-state index contributed by atoms with van der Waals surface area (Å²) in [7, 11) is 1.65. The van der Waals surface area contributed by atoms with Gasteiger partial charge in [0, 0.05) is 20.2 Å². The van der Waals surface area contributed by atoms with E-state index in [9.17, 15) is 5.11 Å². The van der Waals surface area contributed by atoms with Gasteiger partial charge < -0.3 is 19.5 Å². The molecule has 2 aliphatic heterocycles. The number of aliphatic hydroxyl groups excluding tert-OH is 1. The van der Waals surface area contributed by atoms with Gasteiger partial charge in [-0.3, -0.25) is 0 Å². The zero-order valence-electron chi connectivity index (χ0n) is 10.5. The van der Waals surface area contributed by atoms with Crippen molar-refractivity contribution in [1.82, 2.24) is 4.98 Å². The minimum Gasteiger partial charge on any atom is -0.391 e. The Labute approximate surface area is 110 Å². The molecule has 3 rings (SSSR count). The summed E-state index contributed by atoms with van der Waals surface area (Å²) in [5.74, 6) is 0. The molecule has 2 atom stereocenters. The Morgan fingerprint density at radius 1 is 1.44 bits per heavy atom. The number of methoxy groups -OCH3 is 1. The topological polar surface area (TPSA) is 54.8 Å². The van der Waals surface area contributed by atoms with Crippen LogP contribution in [0.5, 0.6) is 0 Å².